The molecule has 1 aromatic heterocycles. The molecule has 0 fully saturated rings. The number of nitrogen functional groups attached to an aromatic ring is 1. The van der Waals surface area contributed by atoms with Gasteiger partial charge in [-0.2, -0.15) is 0 Å². The van der Waals surface area contributed by atoms with Gasteiger partial charge in [0.2, 0.25) is 0 Å². The SMILES string of the molecule is CCCCCCc1nc(C)c(C)n1N. The number of hydrogen-bond acceptors (Lipinski definition) is 2. The summed E-state index contributed by atoms with van der Waals surface area (Å²) >= 11 is 0. The first kappa shape index (κ1) is 11.1. The Bertz CT molecular complexity index is 289. The average Bonchev–Trinajstić information content (AvgIpc) is 2.41. The van der Waals surface area contributed by atoms with Crippen LogP contribution in [0.25, 0.3) is 0 Å². The fourth-order valence-electron chi connectivity index (χ4n) is 1.58. The van der Waals surface area contributed by atoms with Gasteiger partial charge >= 0.3 is 0 Å². The highest BCUT2D eigenvalue weighted by Gasteiger charge is 2.07. The lowest BCUT2D eigenvalue weighted by Crippen LogP contribution is -2.14. The standard InChI is InChI=1S/C11H21N3/c1-4-5-6-7-8-11-13-9(2)10(3)14(11)12/h4-8,12H2,1-3H3. The molecule has 2 N–H and O–H groups in total. The molecule has 0 aliphatic rings. The molecule has 0 amide bonds. The van der Waals surface area contributed by atoms with Gasteiger partial charge in [-0.05, 0) is 20.3 Å². The van der Waals surface area contributed by atoms with Crippen molar-refractivity contribution in [1.29, 1.82) is 0 Å². The van der Waals surface area contributed by atoms with Crippen LogP contribution in [-0.4, -0.2) is 9.66 Å². The maximum atomic E-state index is 5.87. The third kappa shape index (κ3) is 2.50. The minimum Gasteiger partial charge on any atom is -0.338 e. The summed E-state index contributed by atoms with van der Waals surface area (Å²) < 4.78 is 1.72. The molecule has 1 aromatic rings. The quantitative estimate of drug-likeness (QED) is 0.579. The molecule has 0 spiro atoms. The molecular weight excluding hydrogens is 174 g/mol. The highest BCUT2D eigenvalue weighted by Crippen LogP contribution is 2.10. The summed E-state index contributed by atoms with van der Waals surface area (Å²) in [5, 5.41) is 0. The molecule has 0 atom stereocenters. The van der Waals surface area contributed by atoms with Gasteiger partial charge in [-0.3, -0.25) is 4.68 Å². The normalized spacial score (nSPS) is 10.8. The number of imidazole rings is 1. The molecule has 3 nitrogen and oxygen atoms in total. The number of nitrogens with zero attached hydrogens (tertiary/aromatic N) is 2. The second-order valence-corrected chi connectivity index (χ2v) is 3.88. The fourth-order valence-corrected chi connectivity index (χ4v) is 1.58. The van der Waals surface area contributed by atoms with Gasteiger partial charge in [0.25, 0.3) is 0 Å². The van der Waals surface area contributed by atoms with Crippen LogP contribution in [0.4, 0.5) is 0 Å². The average molecular weight is 195 g/mol. The van der Waals surface area contributed by atoms with E-state index in [2.05, 4.69) is 11.9 Å². The van der Waals surface area contributed by atoms with Crippen molar-refractivity contribution in [2.75, 3.05) is 5.84 Å². The molecule has 0 saturated heterocycles. The molecule has 1 rings (SSSR count). The minimum absolute atomic E-state index is 1.01. The van der Waals surface area contributed by atoms with E-state index in [-0.39, 0.29) is 0 Å². The van der Waals surface area contributed by atoms with Gasteiger partial charge < -0.3 is 5.84 Å². The first-order chi connectivity index (χ1) is 6.66. The Morgan fingerprint density at radius 2 is 1.93 bits per heavy atom. The van der Waals surface area contributed by atoms with Crippen molar-refractivity contribution in [1.82, 2.24) is 9.66 Å². The van der Waals surface area contributed by atoms with Gasteiger partial charge in [-0.15, -0.1) is 0 Å². The zero-order valence-electron chi connectivity index (χ0n) is 9.51. The van der Waals surface area contributed by atoms with Crippen LogP contribution < -0.4 is 5.84 Å². The maximum absolute atomic E-state index is 5.87. The van der Waals surface area contributed by atoms with Crippen molar-refractivity contribution in [2.45, 2.75) is 52.9 Å². The maximum Gasteiger partial charge on any atom is 0.127 e. The summed E-state index contributed by atoms with van der Waals surface area (Å²) in [4.78, 5) is 4.45. The van der Waals surface area contributed by atoms with E-state index in [0.29, 0.717) is 0 Å². The molecule has 0 radical (unpaired) electrons. The van der Waals surface area contributed by atoms with Gasteiger partial charge in [0.15, 0.2) is 0 Å². The fraction of sp³-hybridized carbons (Fsp3) is 0.727. The Balaban J connectivity index is 2.47. The number of unbranched alkanes of at least 4 members (excludes halogenated alkanes) is 3. The largest absolute Gasteiger partial charge is 0.338 e. The molecule has 0 saturated carbocycles. The third-order valence-corrected chi connectivity index (χ3v) is 2.71. The number of rotatable bonds is 5. The van der Waals surface area contributed by atoms with E-state index in [0.717, 1.165) is 23.6 Å². The summed E-state index contributed by atoms with van der Waals surface area (Å²) in [6.07, 6.45) is 6.06. The summed E-state index contributed by atoms with van der Waals surface area (Å²) in [6.45, 7) is 6.24. The van der Waals surface area contributed by atoms with E-state index >= 15 is 0 Å². The van der Waals surface area contributed by atoms with Crippen molar-refractivity contribution in [3.05, 3.63) is 17.2 Å². The first-order valence-corrected chi connectivity index (χ1v) is 5.46. The minimum atomic E-state index is 1.01. The van der Waals surface area contributed by atoms with Gasteiger partial charge in [0.1, 0.15) is 5.82 Å². The third-order valence-electron chi connectivity index (χ3n) is 2.71. The second-order valence-electron chi connectivity index (χ2n) is 3.88. The van der Waals surface area contributed by atoms with Crippen molar-refractivity contribution < 1.29 is 0 Å². The van der Waals surface area contributed by atoms with Crippen LogP contribution in [0.1, 0.15) is 49.8 Å². The number of aryl methyl sites for hydroxylation is 2. The predicted octanol–water partition coefficient (Wildman–Crippen LogP) is 2.34. The molecule has 80 valence electrons. The van der Waals surface area contributed by atoms with Gasteiger partial charge in [0.05, 0.1) is 11.4 Å². The van der Waals surface area contributed by atoms with Crippen LogP contribution in [0.15, 0.2) is 0 Å². The molecule has 14 heavy (non-hydrogen) atoms. The van der Waals surface area contributed by atoms with E-state index in [1.54, 1.807) is 4.68 Å². The smallest absolute Gasteiger partial charge is 0.127 e. The molecule has 3 heteroatoms. The van der Waals surface area contributed by atoms with Crippen molar-refractivity contribution in [3.63, 3.8) is 0 Å². The molecule has 0 aliphatic heterocycles. The Hall–Kier alpha value is -0.990. The molecule has 0 aromatic carbocycles. The van der Waals surface area contributed by atoms with Crippen LogP contribution in [0.5, 0.6) is 0 Å². The molecular formula is C11H21N3. The van der Waals surface area contributed by atoms with Crippen LogP contribution in [-0.2, 0) is 6.42 Å². The number of hydrogen-bond donors (Lipinski definition) is 1. The summed E-state index contributed by atoms with van der Waals surface area (Å²) in [7, 11) is 0. The van der Waals surface area contributed by atoms with Gasteiger partial charge in [-0.1, -0.05) is 26.2 Å². The van der Waals surface area contributed by atoms with Crippen molar-refractivity contribution in [2.24, 2.45) is 0 Å². The highest BCUT2D eigenvalue weighted by atomic mass is 15.3. The van der Waals surface area contributed by atoms with E-state index < -0.39 is 0 Å². The molecule has 0 unspecified atom stereocenters. The lowest BCUT2D eigenvalue weighted by molar-refractivity contribution is 0.643. The van der Waals surface area contributed by atoms with Crippen LogP contribution in [0, 0.1) is 13.8 Å². The predicted molar refractivity (Wildman–Crippen MR) is 59.7 cm³/mol. The zero-order valence-corrected chi connectivity index (χ0v) is 9.51. The van der Waals surface area contributed by atoms with Crippen LogP contribution in [0.3, 0.4) is 0 Å². The lowest BCUT2D eigenvalue weighted by atomic mass is 10.1. The summed E-state index contributed by atoms with van der Waals surface area (Å²) in [5.74, 6) is 6.90. The zero-order chi connectivity index (χ0) is 10.6. The van der Waals surface area contributed by atoms with Crippen molar-refractivity contribution >= 4 is 0 Å². The highest BCUT2D eigenvalue weighted by molar-refractivity contribution is 5.14. The van der Waals surface area contributed by atoms with E-state index in [1.165, 1.54) is 25.7 Å². The monoisotopic (exact) mass is 195 g/mol. The lowest BCUT2D eigenvalue weighted by Gasteiger charge is -2.02. The van der Waals surface area contributed by atoms with E-state index in [9.17, 15) is 0 Å². The molecule has 0 bridgehead atoms. The Morgan fingerprint density at radius 1 is 1.21 bits per heavy atom. The molecule has 1 heterocycles. The van der Waals surface area contributed by atoms with Gasteiger partial charge in [-0.25, -0.2) is 4.98 Å². The number of aromatic nitrogens is 2. The van der Waals surface area contributed by atoms with E-state index in [1.807, 2.05) is 13.8 Å². The Morgan fingerprint density at radius 3 is 2.43 bits per heavy atom. The topological polar surface area (TPSA) is 43.8 Å². The first-order valence-electron chi connectivity index (χ1n) is 5.46. The van der Waals surface area contributed by atoms with Crippen LogP contribution >= 0.6 is 0 Å². The summed E-state index contributed by atoms with van der Waals surface area (Å²) in [6, 6.07) is 0. The number of nitrogens with two attached hydrogens (primary N) is 1. The second kappa shape index (κ2) is 5.03. The Labute approximate surface area is 86.3 Å². The van der Waals surface area contributed by atoms with Crippen molar-refractivity contribution in [3.8, 4) is 0 Å². The van der Waals surface area contributed by atoms with Crippen LogP contribution in [0.2, 0.25) is 0 Å². The summed E-state index contributed by atoms with van der Waals surface area (Å²) in [5.41, 5.74) is 2.13. The Kier molecular flexibility index (Phi) is 3.98. The molecule has 0 aliphatic carbocycles. The van der Waals surface area contributed by atoms with Gasteiger partial charge in [0, 0.05) is 6.42 Å². The van der Waals surface area contributed by atoms with E-state index in [4.69, 9.17) is 5.84 Å².